The Morgan fingerprint density at radius 1 is 0.298 bits per heavy atom. The van der Waals surface area contributed by atoms with E-state index in [4.69, 9.17) is 37.0 Å². The predicted octanol–water partition coefficient (Wildman–Crippen LogP) is 21.8. The second-order valence-electron chi connectivity index (χ2n) is 26.4. The van der Waals surface area contributed by atoms with Gasteiger partial charge in [0.15, 0.2) is 12.2 Å². The van der Waals surface area contributed by atoms with Crippen molar-refractivity contribution in [1.29, 1.82) is 0 Å². The average molecular weight is 1380 g/mol. The fourth-order valence-corrected chi connectivity index (χ4v) is 12.6. The summed E-state index contributed by atoms with van der Waals surface area (Å²) in [7, 11) is -9.91. The molecule has 0 spiro atoms. The van der Waals surface area contributed by atoms with Gasteiger partial charge in [0.2, 0.25) is 0 Å². The molecule has 0 aliphatic carbocycles. The minimum Gasteiger partial charge on any atom is -0.462 e. The van der Waals surface area contributed by atoms with E-state index in [1.807, 2.05) is 0 Å². The summed E-state index contributed by atoms with van der Waals surface area (Å²) in [5.74, 6) is -2.15. The Labute approximate surface area is 573 Å². The summed E-state index contributed by atoms with van der Waals surface area (Å²) in [5, 5.41) is 10.6. The van der Waals surface area contributed by atoms with E-state index < -0.39 is 97.5 Å². The molecule has 0 fully saturated rings. The van der Waals surface area contributed by atoms with Gasteiger partial charge in [-0.1, -0.05) is 322 Å². The molecule has 0 saturated carbocycles. The van der Waals surface area contributed by atoms with E-state index >= 15 is 0 Å². The Morgan fingerprint density at radius 3 is 0.777 bits per heavy atom. The van der Waals surface area contributed by atoms with E-state index in [-0.39, 0.29) is 25.7 Å². The van der Waals surface area contributed by atoms with Crippen molar-refractivity contribution >= 4 is 39.5 Å². The number of aliphatic hydroxyl groups excluding tert-OH is 1. The normalized spacial score (nSPS) is 14.1. The van der Waals surface area contributed by atoms with Gasteiger partial charge in [-0.05, 0) is 51.4 Å². The van der Waals surface area contributed by atoms with Crippen molar-refractivity contribution in [3.8, 4) is 0 Å². The van der Waals surface area contributed by atoms with Crippen molar-refractivity contribution in [2.45, 2.75) is 393 Å². The van der Waals surface area contributed by atoms with E-state index in [0.717, 1.165) is 116 Å². The average Bonchev–Trinajstić information content (AvgIpc) is 1.31. The Hall–Kier alpha value is -2.46. The third-order valence-electron chi connectivity index (χ3n) is 17.0. The second kappa shape index (κ2) is 69.0. The molecule has 0 aromatic rings. The first-order valence-corrected chi connectivity index (χ1v) is 41.6. The van der Waals surface area contributed by atoms with Gasteiger partial charge >= 0.3 is 39.5 Å². The summed E-state index contributed by atoms with van der Waals surface area (Å²) in [5.41, 5.74) is 0. The van der Waals surface area contributed by atoms with Gasteiger partial charge < -0.3 is 33.8 Å². The number of ether oxygens (including phenoxy) is 4. The quantitative estimate of drug-likeness (QED) is 0.0169. The maximum atomic E-state index is 13.1. The topological polar surface area (TPSA) is 237 Å². The summed E-state index contributed by atoms with van der Waals surface area (Å²) < 4.78 is 68.4. The van der Waals surface area contributed by atoms with Gasteiger partial charge in [-0.3, -0.25) is 37.3 Å². The first-order valence-electron chi connectivity index (χ1n) is 38.6. The standard InChI is InChI=1S/C75H142O17P2/c1-5-9-13-17-21-25-28-31-33-34-35-36-38-40-43-46-50-54-58-62-75(80)92-71(66-86-73(78)60-56-52-48-44-42-39-37-32-29-26-22-18-14-10-6-2)68-90-94(83,84)88-64-69(76)63-87-93(81,82)89-67-70(65-85-72(77)59-55-51-47-24-20-16-12-8-4)91-74(79)61-57-53-49-45-41-30-27-23-19-15-11-7-3/h26,29,32,37,69-71,76H,5-25,27-28,30-31,33-36,38-68H2,1-4H3,(H,81,82)(H,83,84)/b29-26-,37-32-/t69-,70+,71+/m0/s1. The molecule has 5 atom stereocenters. The van der Waals surface area contributed by atoms with Crippen LogP contribution in [-0.4, -0.2) is 96.7 Å². The summed E-state index contributed by atoms with van der Waals surface area (Å²) in [4.78, 5) is 72.6. The molecule has 0 aromatic heterocycles. The molecule has 0 rings (SSSR count). The summed E-state index contributed by atoms with van der Waals surface area (Å²) in [6.07, 6.45) is 61.9. The number of carbonyl (C=O) groups excluding carboxylic acids is 4. The molecule has 0 aliphatic rings. The van der Waals surface area contributed by atoms with Crippen LogP contribution >= 0.6 is 15.6 Å². The highest BCUT2D eigenvalue weighted by Gasteiger charge is 2.30. The van der Waals surface area contributed by atoms with Crippen LogP contribution in [0.1, 0.15) is 374 Å². The number of phosphoric acid groups is 2. The Kier molecular flexibility index (Phi) is 67.2. The van der Waals surface area contributed by atoms with E-state index in [1.165, 1.54) is 180 Å². The molecule has 19 heteroatoms. The predicted molar refractivity (Wildman–Crippen MR) is 381 cm³/mol. The van der Waals surface area contributed by atoms with Crippen molar-refractivity contribution in [1.82, 2.24) is 0 Å². The summed E-state index contributed by atoms with van der Waals surface area (Å²) >= 11 is 0. The number of allylic oxidation sites excluding steroid dienone is 4. The number of unbranched alkanes of at least 4 members (excludes halogenated alkanes) is 45. The molecule has 2 unspecified atom stereocenters. The van der Waals surface area contributed by atoms with Crippen molar-refractivity contribution in [2.24, 2.45) is 0 Å². The van der Waals surface area contributed by atoms with Gasteiger partial charge in [-0.2, -0.15) is 0 Å². The van der Waals surface area contributed by atoms with Crippen LogP contribution in [-0.2, 0) is 65.4 Å². The van der Waals surface area contributed by atoms with Crippen LogP contribution in [0.4, 0.5) is 0 Å². The highest BCUT2D eigenvalue weighted by Crippen LogP contribution is 2.45. The maximum absolute atomic E-state index is 13.1. The summed E-state index contributed by atoms with van der Waals surface area (Å²) in [6.45, 7) is 4.89. The van der Waals surface area contributed by atoms with Crippen LogP contribution in [0.2, 0.25) is 0 Å². The van der Waals surface area contributed by atoms with Crippen LogP contribution in [0.15, 0.2) is 24.3 Å². The van der Waals surface area contributed by atoms with Crippen molar-refractivity contribution in [2.75, 3.05) is 39.6 Å². The molecular weight excluding hydrogens is 1230 g/mol. The van der Waals surface area contributed by atoms with Crippen molar-refractivity contribution < 1.29 is 80.2 Å². The number of esters is 4. The number of aliphatic hydroxyl groups is 1. The van der Waals surface area contributed by atoms with E-state index in [1.54, 1.807) is 0 Å². The highest BCUT2D eigenvalue weighted by molar-refractivity contribution is 7.47. The molecular formula is C75H142O17P2. The molecule has 3 N–H and O–H groups in total. The van der Waals surface area contributed by atoms with Crippen LogP contribution in [0.5, 0.6) is 0 Å². The molecule has 554 valence electrons. The second-order valence-corrected chi connectivity index (χ2v) is 29.3. The molecule has 0 heterocycles. The molecule has 0 radical (unpaired) electrons. The van der Waals surface area contributed by atoms with Crippen LogP contribution in [0.25, 0.3) is 0 Å². The Morgan fingerprint density at radius 2 is 0.511 bits per heavy atom. The van der Waals surface area contributed by atoms with Gasteiger partial charge in [0.1, 0.15) is 19.3 Å². The molecule has 0 saturated heterocycles. The fraction of sp³-hybridized carbons (Fsp3) is 0.893. The lowest BCUT2D eigenvalue weighted by Gasteiger charge is -2.21. The third-order valence-corrected chi connectivity index (χ3v) is 18.9. The Bertz CT molecular complexity index is 1880. The monoisotopic (exact) mass is 1380 g/mol. The first-order chi connectivity index (χ1) is 45.7. The number of rotatable bonds is 74. The zero-order valence-electron chi connectivity index (χ0n) is 60.4. The summed E-state index contributed by atoms with van der Waals surface area (Å²) in [6, 6.07) is 0. The first kappa shape index (κ1) is 91.5. The largest absolute Gasteiger partial charge is 0.472 e. The van der Waals surface area contributed by atoms with Crippen molar-refractivity contribution in [3.05, 3.63) is 24.3 Å². The molecule has 17 nitrogen and oxygen atoms in total. The minimum atomic E-state index is -4.96. The zero-order valence-corrected chi connectivity index (χ0v) is 62.2. The molecule has 0 aromatic carbocycles. The minimum absolute atomic E-state index is 0.102. The van der Waals surface area contributed by atoms with E-state index in [2.05, 4.69) is 52.0 Å². The lowest BCUT2D eigenvalue weighted by Crippen LogP contribution is -2.30. The lowest BCUT2D eigenvalue weighted by atomic mass is 10.0. The molecule has 0 bridgehead atoms. The smallest absolute Gasteiger partial charge is 0.462 e. The molecule has 94 heavy (non-hydrogen) atoms. The number of phosphoric ester groups is 2. The van der Waals surface area contributed by atoms with Gasteiger partial charge in [-0.15, -0.1) is 0 Å². The van der Waals surface area contributed by atoms with Crippen LogP contribution in [0.3, 0.4) is 0 Å². The highest BCUT2D eigenvalue weighted by atomic mass is 31.2. The van der Waals surface area contributed by atoms with E-state index in [0.29, 0.717) is 25.7 Å². The van der Waals surface area contributed by atoms with Gasteiger partial charge in [0, 0.05) is 25.7 Å². The van der Waals surface area contributed by atoms with E-state index in [9.17, 15) is 43.2 Å². The lowest BCUT2D eigenvalue weighted by molar-refractivity contribution is -0.161. The SMILES string of the molecule is CCCCCC/C=C\C=C/CCCCCCCC(=O)OC[C@H](COP(=O)(O)OC[C@@H](O)COP(=O)(O)OC[C@@H](COC(=O)CCCCCCCCCC)OC(=O)CCCCCCCCCCCCCC)OC(=O)CCCCCCCCCCCCCCCCCCCCC. The number of hydrogen-bond acceptors (Lipinski definition) is 15. The fourth-order valence-electron chi connectivity index (χ4n) is 11.0. The molecule has 0 amide bonds. The Balaban J connectivity index is 5.23. The third kappa shape index (κ3) is 68.1. The van der Waals surface area contributed by atoms with Gasteiger partial charge in [0.05, 0.1) is 26.4 Å². The van der Waals surface area contributed by atoms with Crippen LogP contribution < -0.4 is 0 Å². The zero-order chi connectivity index (χ0) is 69.0. The molecule has 0 aliphatic heterocycles. The van der Waals surface area contributed by atoms with Gasteiger partial charge in [0.25, 0.3) is 0 Å². The van der Waals surface area contributed by atoms with Crippen molar-refractivity contribution in [3.63, 3.8) is 0 Å². The maximum Gasteiger partial charge on any atom is 0.472 e. The van der Waals surface area contributed by atoms with Gasteiger partial charge in [-0.25, -0.2) is 9.13 Å². The number of hydrogen-bond donors (Lipinski definition) is 3. The number of carbonyl (C=O) groups is 4. The van der Waals surface area contributed by atoms with Crippen LogP contribution in [0, 0.1) is 0 Å².